The lowest BCUT2D eigenvalue weighted by Crippen LogP contribution is -2.42. The maximum atomic E-state index is 12.8. The molecule has 1 aromatic heterocycles. The van der Waals surface area contributed by atoms with Gasteiger partial charge in [-0.15, -0.1) is 0 Å². The van der Waals surface area contributed by atoms with Crippen LogP contribution in [0.3, 0.4) is 0 Å². The van der Waals surface area contributed by atoms with E-state index in [0.717, 1.165) is 23.8 Å². The number of esters is 1. The van der Waals surface area contributed by atoms with Crippen LogP contribution < -0.4 is 11.2 Å². The molecule has 0 bridgehead atoms. The van der Waals surface area contributed by atoms with E-state index < -0.39 is 24.2 Å². The minimum atomic E-state index is -0.672. The predicted octanol–water partition coefficient (Wildman–Crippen LogP) is 1.85. The third kappa shape index (κ3) is 4.75. The molecule has 1 aliphatic carbocycles. The Balaban J connectivity index is 1.72. The van der Waals surface area contributed by atoms with Crippen LogP contribution in [0.15, 0.2) is 27.9 Å². The van der Waals surface area contributed by atoms with Gasteiger partial charge in [0, 0.05) is 31.0 Å². The van der Waals surface area contributed by atoms with Crippen molar-refractivity contribution >= 4 is 5.97 Å². The summed E-state index contributed by atoms with van der Waals surface area (Å²) in [5.41, 5.74) is -0.432. The highest BCUT2D eigenvalue weighted by Gasteiger charge is 2.30. The molecule has 8 heteroatoms. The van der Waals surface area contributed by atoms with Crippen molar-refractivity contribution in [3.63, 3.8) is 0 Å². The molecule has 1 aliphatic heterocycles. The summed E-state index contributed by atoms with van der Waals surface area (Å²) in [5, 5.41) is 0. The van der Waals surface area contributed by atoms with Gasteiger partial charge in [-0.25, -0.2) is 9.36 Å². The molecule has 0 saturated carbocycles. The first-order valence-electron chi connectivity index (χ1n) is 9.35. The highest BCUT2D eigenvalue weighted by Crippen LogP contribution is 2.27. The van der Waals surface area contributed by atoms with Crippen LogP contribution in [0.4, 0.5) is 0 Å². The molecule has 0 N–H and O–H groups in total. The summed E-state index contributed by atoms with van der Waals surface area (Å²) in [6, 6.07) is 0. The summed E-state index contributed by atoms with van der Waals surface area (Å²) >= 11 is 0. The molecular formula is C19H26N2O6. The normalized spacial score (nSPS) is 24.9. The number of hydrogen-bond acceptors (Lipinski definition) is 6. The Morgan fingerprint density at radius 2 is 2.11 bits per heavy atom. The number of ether oxygens (including phenoxy) is 3. The Bertz CT molecular complexity index is 824. The molecule has 1 aromatic rings. The van der Waals surface area contributed by atoms with E-state index in [1.807, 2.05) is 0 Å². The lowest BCUT2D eigenvalue weighted by Gasteiger charge is -2.19. The first-order valence-corrected chi connectivity index (χ1v) is 9.35. The Morgan fingerprint density at radius 1 is 1.30 bits per heavy atom. The first kappa shape index (κ1) is 19.6. The second-order valence-electron chi connectivity index (χ2n) is 7.06. The van der Waals surface area contributed by atoms with E-state index in [4.69, 9.17) is 14.2 Å². The van der Waals surface area contributed by atoms with Crippen molar-refractivity contribution in [3.8, 4) is 0 Å². The third-order valence-electron chi connectivity index (χ3n) is 4.84. The van der Waals surface area contributed by atoms with Crippen molar-refractivity contribution in [2.45, 2.75) is 65.2 Å². The summed E-state index contributed by atoms with van der Waals surface area (Å²) < 4.78 is 18.8. The van der Waals surface area contributed by atoms with Crippen LogP contribution >= 0.6 is 0 Å². The van der Waals surface area contributed by atoms with Crippen molar-refractivity contribution in [3.05, 3.63) is 44.8 Å². The third-order valence-corrected chi connectivity index (χ3v) is 4.84. The fourth-order valence-corrected chi connectivity index (χ4v) is 3.46. The number of carbonyl (C=O) groups is 1. The fourth-order valence-electron chi connectivity index (χ4n) is 3.46. The second-order valence-corrected chi connectivity index (χ2v) is 7.06. The smallest absolute Gasteiger partial charge is 0.335 e. The van der Waals surface area contributed by atoms with Crippen LogP contribution in [-0.2, 0) is 25.7 Å². The van der Waals surface area contributed by atoms with E-state index in [9.17, 15) is 14.4 Å². The molecular weight excluding hydrogens is 352 g/mol. The summed E-state index contributed by atoms with van der Waals surface area (Å²) in [4.78, 5) is 36.3. The number of aryl methyl sites for hydroxylation is 1. The molecule has 3 atom stereocenters. The van der Waals surface area contributed by atoms with Crippen molar-refractivity contribution in [2.24, 2.45) is 5.92 Å². The van der Waals surface area contributed by atoms with Crippen LogP contribution in [0, 0.1) is 12.8 Å². The number of hydrogen-bond donors (Lipinski definition) is 0. The molecule has 3 rings (SSSR count). The Hall–Kier alpha value is -2.19. The molecule has 2 heterocycles. The van der Waals surface area contributed by atoms with Crippen molar-refractivity contribution < 1.29 is 19.0 Å². The molecule has 27 heavy (non-hydrogen) atoms. The Kier molecular flexibility index (Phi) is 6.28. The summed E-state index contributed by atoms with van der Waals surface area (Å²) in [6.07, 6.45) is 8.80. The van der Waals surface area contributed by atoms with Crippen LogP contribution in [-0.4, -0.2) is 28.0 Å². The van der Waals surface area contributed by atoms with Crippen molar-refractivity contribution in [2.75, 3.05) is 6.61 Å². The molecule has 0 aromatic carbocycles. The molecule has 148 valence electrons. The van der Waals surface area contributed by atoms with Crippen LogP contribution in [0.1, 0.15) is 50.8 Å². The molecule has 2 aliphatic rings. The lowest BCUT2D eigenvalue weighted by molar-refractivity contribution is -0.178. The number of aromatic nitrogens is 2. The molecule has 0 spiro atoms. The average Bonchev–Trinajstić information content (AvgIpc) is 3.09. The minimum absolute atomic E-state index is 0.0935. The highest BCUT2D eigenvalue weighted by atomic mass is 16.7. The maximum Gasteiger partial charge on any atom is 0.335 e. The number of nitrogens with zero attached hydrogens (tertiary/aromatic N) is 2. The van der Waals surface area contributed by atoms with Crippen LogP contribution in [0.25, 0.3) is 0 Å². The highest BCUT2D eigenvalue weighted by molar-refractivity contribution is 5.66. The van der Waals surface area contributed by atoms with E-state index in [1.54, 1.807) is 6.92 Å². The van der Waals surface area contributed by atoms with Gasteiger partial charge in [-0.1, -0.05) is 12.2 Å². The molecule has 1 unspecified atom stereocenters. The lowest BCUT2D eigenvalue weighted by atomic mass is 9.97. The molecule has 8 nitrogen and oxygen atoms in total. The molecule has 0 radical (unpaired) electrons. The quantitative estimate of drug-likeness (QED) is 0.554. The zero-order valence-electron chi connectivity index (χ0n) is 15.8. The summed E-state index contributed by atoms with van der Waals surface area (Å²) in [7, 11) is 0. The van der Waals surface area contributed by atoms with E-state index in [1.165, 1.54) is 17.7 Å². The van der Waals surface area contributed by atoms with Gasteiger partial charge in [0.25, 0.3) is 5.56 Å². The van der Waals surface area contributed by atoms with E-state index >= 15 is 0 Å². The zero-order valence-corrected chi connectivity index (χ0v) is 15.8. The van der Waals surface area contributed by atoms with E-state index in [2.05, 4.69) is 12.2 Å². The van der Waals surface area contributed by atoms with E-state index in [0.29, 0.717) is 30.9 Å². The van der Waals surface area contributed by atoms with Gasteiger partial charge in [-0.3, -0.25) is 14.2 Å². The van der Waals surface area contributed by atoms with Gasteiger partial charge >= 0.3 is 11.7 Å². The predicted molar refractivity (Wildman–Crippen MR) is 97.0 cm³/mol. The van der Waals surface area contributed by atoms with E-state index in [-0.39, 0.29) is 12.3 Å². The van der Waals surface area contributed by atoms with Gasteiger partial charge in [0.15, 0.2) is 0 Å². The van der Waals surface area contributed by atoms with Gasteiger partial charge in [-0.05, 0) is 32.6 Å². The van der Waals surface area contributed by atoms with Crippen LogP contribution in [0.5, 0.6) is 0 Å². The monoisotopic (exact) mass is 378 g/mol. The maximum absolute atomic E-state index is 12.8. The largest absolute Gasteiger partial charge is 0.436 e. The number of carbonyl (C=O) groups excluding carboxylic acids is 1. The Labute approximate surface area is 157 Å². The minimum Gasteiger partial charge on any atom is -0.436 e. The molecule has 1 saturated heterocycles. The second kappa shape index (κ2) is 8.67. The van der Waals surface area contributed by atoms with Gasteiger partial charge in [-0.2, -0.15) is 0 Å². The van der Waals surface area contributed by atoms with Gasteiger partial charge in [0.1, 0.15) is 13.0 Å². The topological polar surface area (TPSA) is 88.8 Å². The SMILES string of the molecule is CC(=O)O[C@@H]1CC[C@H](n2cc(C)c(=O)n(COCC3C=CCCC3)c2=O)O1. The number of rotatable bonds is 6. The van der Waals surface area contributed by atoms with Crippen molar-refractivity contribution in [1.82, 2.24) is 9.13 Å². The van der Waals surface area contributed by atoms with Gasteiger partial charge in [0.05, 0.1) is 6.61 Å². The van der Waals surface area contributed by atoms with Gasteiger partial charge < -0.3 is 14.2 Å². The number of allylic oxidation sites excluding steroid dienone is 1. The summed E-state index contributed by atoms with van der Waals surface area (Å²) in [5.74, 6) is -0.108. The standard InChI is InChI=1S/C19H26N2O6/c1-13-10-20(16-8-9-17(27-16)26-14(2)22)19(24)21(18(13)23)12-25-11-15-6-4-3-5-7-15/h4,6,10,15-17H,3,5,7-9,11-12H2,1-2H3/t15?,16-,17+/m1/s1. The zero-order chi connectivity index (χ0) is 19.4. The molecule has 0 amide bonds. The Morgan fingerprint density at radius 3 is 2.81 bits per heavy atom. The van der Waals surface area contributed by atoms with Crippen LogP contribution in [0.2, 0.25) is 0 Å². The van der Waals surface area contributed by atoms with Crippen molar-refractivity contribution in [1.29, 1.82) is 0 Å². The van der Waals surface area contributed by atoms with Gasteiger partial charge in [0.2, 0.25) is 6.29 Å². The first-order chi connectivity index (χ1) is 13.0. The molecule has 1 fully saturated rings. The fraction of sp³-hybridized carbons (Fsp3) is 0.632. The average molecular weight is 378 g/mol. The summed E-state index contributed by atoms with van der Waals surface area (Å²) in [6.45, 7) is 3.34.